The number of hydrogen-bond acceptors (Lipinski definition) is 2. The second-order valence-corrected chi connectivity index (χ2v) is 4.49. The molecule has 0 amide bonds. The summed E-state index contributed by atoms with van der Waals surface area (Å²) in [5.74, 6) is 0. The Morgan fingerprint density at radius 1 is 1.44 bits per heavy atom. The van der Waals surface area contributed by atoms with Gasteiger partial charge in [0.2, 0.25) is 0 Å². The van der Waals surface area contributed by atoms with Gasteiger partial charge in [-0.05, 0) is 32.4 Å². The fourth-order valence-electron chi connectivity index (χ4n) is 1.80. The number of halogens is 1. The third-order valence-corrected chi connectivity index (χ3v) is 2.83. The van der Waals surface area contributed by atoms with Gasteiger partial charge in [0.05, 0.1) is 10.7 Å². The molecule has 2 nitrogen and oxygen atoms in total. The number of anilines is 1. The van der Waals surface area contributed by atoms with E-state index in [-0.39, 0.29) is 0 Å². The molecule has 0 radical (unpaired) electrons. The molecule has 0 N–H and O–H groups in total. The lowest BCUT2D eigenvalue weighted by Crippen LogP contribution is -2.32. The highest BCUT2D eigenvalue weighted by molar-refractivity contribution is 6.33. The Labute approximate surface area is 102 Å². The average molecular weight is 240 g/mol. The lowest BCUT2D eigenvalue weighted by molar-refractivity contribution is 0.112. The van der Waals surface area contributed by atoms with Crippen molar-refractivity contribution in [1.82, 2.24) is 0 Å². The summed E-state index contributed by atoms with van der Waals surface area (Å²) in [5, 5.41) is 0.645. The predicted octanol–water partition coefficient (Wildman–Crippen LogP) is 3.78. The number of para-hydroxylation sites is 1. The first kappa shape index (κ1) is 13.0. The molecule has 88 valence electrons. The molecule has 0 fully saturated rings. The first-order valence-electron chi connectivity index (χ1n) is 5.62. The number of hydrogen-bond donors (Lipinski definition) is 0. The van der Waals surface area contributed by atoms with E-state index in [1.807, 2.05) is 6.07 Å². The molecular formula is C13H18ClNO. The number of aldehydes is 1. The summed E-state index contributed by atoms with van der Waals surface area (Å²) in [7, 11) is 0. The van der Waals surface area contributed by atoms with E-state index in [4.69, 9.17) is 11.6 Å². The zero-order chi connectivity index (χ0) is 12.1. The molecule has 0 aromatic heterocycles. The van der Waals surface area contributed by atoms with Crippen LogP contribution in [0.25, 0.3) is 0 Å². The SMILES string of the molecule is CCCN(c1c(Cl)cccc1C=O)C(C)C. The van der Waals surface area contributed by atoms with Crippen LogP contribution in [-0.4, -0.2) is 18.9 Å². The average Bonchev–Trinajstić information content (AvgIpc) is 2.26. The van der Waals surface area contributed by atoms with Crippen LogP contribution in [0.3, 0.4) is 0 Å². The molecule has 16 heavy (non-hydrogen) atoms. The van der Waals surface area contributed by atoms with Crippen molar-refractivity contribution in [3.05, 3.63) is 28.8 Å². The van der Waals surface area contributed by atoms with Gasteiger partial charge in [0.25, 0.3) is 0 Å². The van der Waals surface area contributed by atoms with Gasteiger partial charge < -0.3 is 4.90 Å². The molecule has 0 saturated carbocycles. The van der Waals surface area contributed by atoms with Crippen molar-refractivity contribution in [1.29, 1.82) is 0 Å². The molecule has 0 aliphatic carbocycles. The Morgan fingerprint density at radius 2 is 2.12 bits per heavy atom. The summed E-state index contributed by atoms with van der Waals surface area (Å²) in [6, 6.07) is 5.77. The number of carbonyl (C=O) groups is 1. The first-order valence-corrected chi connectivity index (χ1v) is 6.00. The molecule has 0 spiro atoms. The highest BCUT2D eigenvalue weighted by Gasteiger charge is 2.16. The summed E-state index contributed by atoms with van der Waals surface area (Å²) >= 11 is 6.18. The van der Waals surface area contributed by atoms with Gasteiger partial charge in [-0.2, -0.15) is 0 Å². The maximum absolute atomic E-state index is 11.0. The van der Waals surface area contributed by atoms with Gasteiger partial charge in [0.15, 0.2) is 6.29 Å². The Bertz CT molecular complexity index is 363. The largest absolute Gasteiger partial charge is 0.367 e. The quantitative estimate of drug-likeness (QED) is 0.729. The maximum atomic E-state index is 11.0. The van der Waals surface area contributed by atoms with E-state index in [2.05, 4.69) is 25.7 Å². The van der Waals surface area contributed by atoms with Crippen LogP contribution in [0.2, 0.25) is 5.02 Å². The molecule has 1 rings (SSSR count). The lowest BCUT2D eigenvalue weighted by atomic mass is 10.1. The van der Waals surface area contributed by atoms with E-state index in [1.165, 1.54) is 0 Å². The molecule has 0 unspecified atom stereocenters. The zero-order valence-electron chi connectivity index (χ0n) is 10.0. The van der Waals surface area contributed by atoms with Gasteiger partial charge in [-0.25, -0.2) is 0 Å². The number of rotatable bonds is 5. The van der Waals surface area contributed by atoms with Crippen molar-refractivity contribution < 1.29 is 4.79 Å². The van der Waals surface area contributed by atoms with Gasteiger partial charge in [-0.3, -0.25) is 4.79 Å². The monoisotopic (exact) mass is 239 g/mol. The predicted molar refractivity (Wildman–Crippen MR) is 69.6 cm³/mol. The van der Waals surface area contributed by atoms with Crippen LogP contribution in [0.1, 0.15) is 37.6 Å². The van der Waals surface area contributed by atoms with Crippen molar-refractivity contribution in [2.24, 2.45) is 0 Å². The summed E-state index contributed by atoms with van der Waals surface area (Å²) in [6.45, 7) is 7.23. The van der Waals surface area contributed by atoms with Crippen molar-refractivity contribution in [2.45, 2.75) is 33.2 Å². The Hall–Kier alpha value is -1.02. The molecule has 0 heterocycles. The van der Waals surface area contributed by atoms with Crippen molar-refractivity contribution in [3.63, 3.8) is 0 Å². The Kier molecular flexibility index (Phi) is 4.81. The van der Waals surface area contributed by atoms with E-state index < -0.39 is 0 Å². The topological polar surface area (TPSA) is 20.3 Å². The molecule has 0 atom stereocenters. The summed E-state index contributed by atoms with van der Waals surface area (Å²) < 4.78 is 0. The first-order chi connectivity index (χ1) is 7.61. The third-order valence-electron chi connectivity index (χ3n) is 2.52. The van der Waals surface area contributed by atoms with E-state index >= 15 is 0 Å². The molecule has 0 aliphatic rings. The van der Waals surface area contributed by atoms with Gasteiger partial charge in [-0.15, -0.1) is 0 Å². The molecule has 1 aromatic rings. The Balaban J connectivity index is 3.21. The minimum Gasteiger partial charge on any atom is -0.367 e. The molecular weight excluding hydrogens is 222 g/mol. The molecule has 0 bridgehead atoms. The molecule has 3 heteroatoms. The van der Waals surface area contributed by atoms with Crippen LogP contribution in [0.4, 0.5) is 5.69 Å². The summed E-state index contributed by atoms with van der Waals surface area (Å²) in [4.78, 5) is 13.2. The van der Waals surface area contributed by atoms with Crippen LogP contribution < -0.4 is 4.90 Å². The minimum atomic E-state index is 0.332. The fraction of sp³-hybridized carbons (Fsp3) is 0.462. The second-order valence-electron chi connectivity index (χ2n) is 4.08. The van der Waals surface area contributed by atoms with E-state index in [9.17, 15) is 4.79 Å². The molecule has 0 saturated heterocycles. The van der Waals surface area contributed by atoms with Gasteiger partial charge in [0.1, 0.15) is 0 Å². The number of nitrogens with zero attached hydrogens (tertiary/aromatic N) is 1. The van der Waals surface area contributed by atoms with Crippen LogP contribution in [0, 0.1) is 0 Å². The van der Waals surface area contributed by atoms with Crippen molar-refractivity contribution >= 4 is 23.6 Å². The van der Waals surface area contributed by atoms with E-state index in [1.54, 1.807) is 12.1 Å². The van der Waals surface area contributed by atoms with Crippen molar-refractivity contribution in [3.8, 4) is 0 Å². The van der Waals surface area contributed by atoms with Gasteiger partial charge in [-0.1, -0.05) is 24.6 Å². The number of benzene rings is 1. The smallest absolute Gasteiger partial charge is 0.152 e. The zero-order valence-corrected chi connectivity index (χ0v) is 10.8. The van der Waals surface area contributed by atoms with Crippen molar-refractivity contribution in [2.75, 3.05) is 11.4 Å². The van der Waals surface area contributed by atoms with Crippen LogP contribution >= 0.6 is 11.6 Å². The van der Waals surface area contributed by atoms with Gasteiger partial charge in [0, 0.05) is 18.2 Å². The van der Waals surface area contributed by atoms with Gasteiger partial charge >= 0.3 is 0 Å². The van der Waals surface area contributed by atoms with Crippen LogP contribution in [0.15, 0.2) is 18.2 Å². The normalized spacial score (nSPS) is 10.6. The summed E-state index contributed by atoms with van der Waals surface area (Å²) in [5.41, 5.74) is 1.52. The number of carbonyl (C=O) groups excluding carboxylic acids is 1. The second kappa shape index (κ2) is 5.90. The lowest BCUT2D eigenvalue weighted by Gasteiger charge is -2.30. The van der Waals surface area contributed by atoms with E-state index in [0.717, 1.165) is 24.9 Å². The minimum absolute atomic E-state index is 0.332. The highest BCUT2D eigenvalue weighted by atomic mass is 35.5. The van der Waals surface area contributed by atoms with Crippen LogP contribution in [0.5, 0.6) is 0 Å². The maximum Gasteiger partial charge on any atom is 0.152 e. The highest BCUT2D eigenvalue weighted by Crippen LogP contribution is 2.30. The summed E-state index contributed by atoms with van der Waals surface area (Å²) in [6.07, 6.45) is 1.90. The van der Waals surface area contributed by atoms with E-state index in [0.29, 0.717) is 16.6 Å². The molecule has 0 aliphatic heterocycles. The third kappa shape index (κ3) is 2.76. The van der Waals surface area contributed by atoms with Crippen LogP contribution in [-0.2, 0) is 0 Å². The molecule has 1 aromatic carbocycles. The fourth-order valence-corrected chi connectivity index (χ4v) is 2.09. The Morgan fingerprint density at radius 3 is 2.62 bits per heavy atom. The standard InChI is InChI=1S/C13H18ClNO/c1-4-8-15(10(2)3)13-11(9-16)6-5-7-12(13)14/h5-7,9-10H,4,8H2,1-3H3.